The van der Waals surface area contributed by atoms with E-state index in [1.54, 1.807) is 18.2 Å². The first-order chi connectivity index (χ1) is 13.7. The molecule has 0 saturated carbocycles. The quantitative estimate of drug-likeness (QED) is 0.555. The second kappa shape index (κ2) is 8.56. The van der Waals surface area contributed by atoms with E-state index in [-0.39, 0.29) is 17.9 Å². The van der Waals surface area contributed by atoms with E-state index in [2.05, 4.69) is 10.3 Å². The van der Waals surface area contributed by atoms with Gasteiger partial charge in [0.25, 0.3) is 0 Å². The molecule has 0 bridgehead atoms. The molecule has 0 aliphatic rings. The van der Waals surface area contributed by atoms with E-state index in [0.29, 0.717) is 16.2 Å². The number of carbonyl (C=O) groups is 1. The van der Waals surface area contributed by atoms with Gasteiger partial charge in [0.05, 0.1) is 17.5 Å². The molecule has 0 radical (unpaired) electrons. The van der Waals surface area contributed by atoms with E-state index < -0.39 is 23.8 Å². The number of aromatic nitrogens is 3. The summed E-state index contributed by atoms with van der Waals surface area (Å²) in [4.78, 5) is 12.1. The number of alkyl halides is 3. The third kappa shape index (κ3) is 5.50. The Hall–Kier alpha value is -3.01. The van der Waals surface area contributed by atoms with Crippen LogP contribution in [-0.4, -0.2) is 31.2 Å². The Balaban J connectivity index is 1.68. The fraction of sp³-hybridized carbons (Fsp3) is 0.211. The number of benzene rings is 2. The first-order valence-electron chi connectivity index (χ1n) is 8.44. The normalized spacial score (nSPS) is 12.7. The number of carboxylic acids is 1. The van der Waals surface area contributed by atoms with E-state index in [9.17, 15) is 28.2 Å². The van der Waals surface area contributed by atoms with Gasteiger partial charge in [-0.3, -0.25) is 0 Å². The van der Waals surface area contributed by atoms with E-state index in [1.165, 1.54) is 29.1 Å². The maximum atomic E-state index is 12.8. The Morgan fingerprint density at radius 2 is 1.90 bits per heavy atom. The number of halogens is 3. The Labute approximate surface area is 168 Å². The summed E-state index contributed by atoms with van der Waals surface area (Å²) in [5.41, 5.74) is 0.418. The number of hydrogen-bond donors (Lipinski definition) is 2. The van der Waals surface area contributed by atoms with Crippen molar-refractivity contribution in [3.8, 4) is 5.75 Å². The summed E-state index contributed by atoms with van der Waals surface area (Å²) in [6.07, 6.45) is -2.80. The maximum Gasteiger partial charge on any atom is 0.416 e. The number of hydrogen-bond acceptors (Lipinski definition) is 5. The molecule has 29 heavy (non-hydrogen) atoms. The summed E-state index contributed by atoms with van der Waals surface area (Å²) in [5, 5.41) is 26.6. The van der Waals surface area contributed by atoms with Crippen LogP contribution in [0.25, 0.3) is 0 Å². The minimum absolute atomic E-state index is 0.0790. The maximum absolute atomic E-state index is 12.8. The number of nitrogens with zero attached hydrogens (tertiary/aromatic N) is 3. The lowest BCUT2D eigenvalue weighted by atomic mass is 10.1. The fourth-order valence-corrected chi connectivity index (χ4v) is 3.43. The number of rotatable bonds is 7. The van der Waals surface area contributed by atoms with Crippen LogP contribution in [0.4, 0.5) is 13.2 Å². The predicted octanol–water partition coefficient (Wildman–Crippen LogP) is 4.16. The van der Waals surface area contributed by atoms with Crippen LogP contribution in [0.1, 0.15) is 22.9 Å². The summed E-state index contributed by atoms with van der Waals surface area (Å²) < 4.78 is 39.6. The summed E-state index contributed by atoms with van der Waals surface area (Å²) in [6.45, 7) is 0. The number of aliphatic carboxylic acids is 1. The Bertz CT molecular complexity index is 990. The van der Waals surface area contributed by atoms with Crippen LogP contribution < -0.4 is 0 Å². The second-order valence-electron chi connectivity index (χ2n) is 6.23. The highest BCUT2D eigenvalue weighted by Gasteiger charge is 2.30. The average Bonchev–Trinajstić information content (AvgIpc) is 3.14. The summed E-state index contributed by atoms with van der Waals surface area (Å²) in [7, 11) is 0. The number of carboxylic acid groups (broad SMARTS) is 1. The monoisotopic (exact) mass is 423 g/mol. The van der Waals surface area contributed by atoms with Gasteiger partial charge < -0.3 is 10.2 Å². The highest BCUT2D eigenvalue weighted by molar-refractivity contribution is 7.98. The zero-order valence-corrected chi connectivity index (χ0v) is 15.7. The molecule has 0 aliphatic carbocycles. The molecule has 0 aliphatic heterocycles. The van der Waals surface area contributed by atoms with Gasteiger partial charge >= 0.3 is 12.1 Å². The van der Waals surface area contributed by atoms with Crippen molar-refractivity contribution in [1.82, 2.24) is 15.0 Å². The SMILES string of the molecule is O=C(O)[C@H](Cc1ccc(O)cc1)n1cc(CSc2cccc(C(F)(F)F)c2)nn1. The van der Waals surface area contributed by atoms with Crippen LogP contribution >= 0.6 is 11.8 Å². The molecule has 1 heterocycles. The summed E-state index contributed by atoms with van der Waals surface area (Å²) in [5.74, 6) is -0.775. The van der Waals surface area contributed by atoms with Gasteiger partial charge in [0.1, 0.15) is 5.75 Å². The molecule has 2 aromatic carbocycles. The zero-order valence-electron chi connectivity index (χ0n) is 14.9. The fourth-order valence-electron chi connectivity index (χ4n) is 2.60. The minimum Gasteiger partial charge on any atom is -0.508 e. The molecule has 0 fully saturated rings. The summed E-state index contributed by atoms with van der Waals surface area (Å²) in [6, 6.07) is 10.1. The predicted molar refractivity (Wildman–Crippen MR) is 99.5 cm³/mol. The van der Waals surface area contributed by atoms with Crippen molar-refractivity contribution >= 4 is 17.7 Å². The Morgan fingerprint density at radius 3 is 2.55 bits per heavy atom. The molecule has 3 rings (SSSR count). The van der Waals surface area contributed by atoms with Crippen molar-refractivity contribution in [3.63, 3.8) is 0 Å². The zero-order chi connectivity index (χ0) is 21.0. The molecule has 2 N–H and O–H groups in total. The van der Waals surface area contributed by atoms with E-state index >= 15 is 0 Å². The molecule has 1 atom stereocenters. The van der Waals surface area contributed by atoms with Crippen LogP contribution in [0.5, 0.6) is 5.75 Å². The topological polar surface area (TPSA) is 88.2 Å². The molecule has 1 aromatic heterocycles. The van der Waals surface area contributed by atoms with Crippen molar-refractivity contribution in [1.29, 1.82) is 0 Å². The lowest BCUT2D eigenvalue weighted by Crippen LogP contribution is -2.22. The van der Waals surface area contributed by atoms with Crippen LogP contribution in [-0.2, 0) is 23.1 Å². The molecular formula is C19H16F3N3O3S. The standard InChI is InChI=1S/C19H16F3N3O3S/c20-19(21,22)13-2-1-3-16(9-13)29-11-14-10-25(24-23-14)17(18(27)28)8-12-4-6-15(26)7-5-12/h1-7,9-10,17,26H,8,11H2,(H,27,28)/t17-/m0/s1. The molecule has 10 heteroatoms. The van der Waals surface area contributed by atoms with E-state index in [4.69, 9.17) is 0 Å². The van der Waals surface area contributed by atoms with Crippen LogP contribution in [0.2, 0.25) is 0 Å². The molecule has 0 unspecified atom stereocenters. The second-order valence-corrected chi connectivity index (χ2v) is 7.28. The Kier molecular flexibility index (Phi) is 6.12. The van der Waals surface area contributed by atoms with Gasteiger partial charge in [-0.05, 0) is 35.9 Å². The highest BCUT2D eigenvalue weighted by Crippen LogP contribution is 2.32. The van der Waals surface area contributed by atoms with Gasteiger partial charge in [0, 0.05) is 17.1 Å². The Morgan fingerprint density at radius 1 is 1.17 bits per heavy atom. The highest BCUT2D eigenvalue weighted by atomic mass is 32.2. The molecular weight excluding hydrogens is 407 g/mol. The molecule has 6 nitrogen and oxygen atoms in total. The van der Waals surface area contributed by atoms with Gasteiger partial charge in [-0.15, -0.1) is 16.9 Å². The lowest BCUT2D eigenvalue weighted by Gasteiger charge is -2.12. The first kappa shape index (κ1) is 20.7. The van der Waals surface area contributed by atoms with Crippen LogP contribution in [0.15, 0.2) is 59.6 Å². The van der Waals surface area contributed by atoms with Gasteiger partial charge in [0.2, 0.25) is 0 Å². The third-order valence-corrected chi connectivity index (χ3v) is 5.10. The third-order valence-electron chi connectivity index (χ3n) is 4.08. The van der Waals surface area contributed by atoms with E-state index in [1.807, 2.05) is 0 Å². The van der Waals surface area contributed by atoms with Crippen molar-refractivity contribution in [2.45, 2.75) is 29.3 Å². The average molecular weight is 423 g/mol. The number of thioether (sulfide) groups is 1. The largest absolute Gasteiger partial charge is 0.508 e. The molecule has 3 aromatic rings. The lowest BCUT2D eigenvalue weighted by molar-refractivity contribution is -0.141. The molecule has 0 spiro atoms. The van der Waals surface area contributed by atoms with Crippen LogP contribution in [0.3, 0.4) is 0 Å². The van der Waals surface area contributed by atoms with E-state index in [0.717, 1.165) is 23.9 Å². The van der Waals surface area contributed by atoms with Gasteiger partial charge in [-0.25, -0.2) is 9.48 Å². The summed E-state index contributed by atoms with van der Waals surface area (Å²) >= 11 is 1.15. The van der Waals surface area contributed by atoms with Gasteiger partial charge in [-0.1, -0.05) is 23.4 Å². The van der Waals surface area contributed by atoms with Crippen LogP contribution in [0, 0.1) is 0 Å². The van der Waals surface area contributed by atoms with Crippen molar-refractivity contribution < 1.29 is 28.2 Å². The van der Waals surface area contributed by atoms with Gasteiger partial charge in [0.15, 0.2) is 6.04 Å². The minimum atomic E-state index is -4.41. The molecule has 0 saturated heterocycles. The number of phenolic OH excluding ortho intramolecular Hbond substituents is 1. The smallest absolute Gasteiger partial charge is 0.416 e. The molecule has 0 amide bonds. The van der Waals surface area contributed by atoms with Crippen molar-refractivity contribution in [2.75, 3.05) is 0 Å². The molecule has 152 valence electrons. The van der Waals surface area contributed by atoms with Crippen molar-refractivity contribution in [2.24, 2.45) is 0 Å². The first-order valence-corrected chi connectivity index (χ1v) is 9.42. The number of aromatic hydroxyl groups is 1. The van der Waals surface area contributed by atoms with Gasteiger partial charge in [-0.2, -0.15) is 13.2 Å². The van der Waals surface area contributed by atoms with Crippen molar-refractivity contribution in [3.05, 3.63) is 71.5 Å². The number of phenols is 1.